The van der Waals surface area contributed by atoms with Crippen molar-refractivity contribution < 1.29 is 9.53 Å². The van der Waals surface area contributed by atoms with E-state index in [1.807, 2.05) is 54.3 Å². The van der Waals surface area contributed by atoms with E-state index in [1.54, 1.807) is 0 Å². The van der Waals surface area contributed by atoms with Crippen LogP contribution in [0, 0.1) is 13.8 Å². The van der Waals surface area contributed by atoms with Crippen LogP contribution in [0.25, 0.3) is 0 Å². The Labute approximate surface area is 208 Å². The fourth-order valence-corrected chi connectivity index (χ4v) is 4.07. The number of nitrogens with one attached hydrogen (secondary N) is 1. The largest absolute Gasteiger partial charge is 0.494 e. The molecule has 3 aromatic rings. The molecular weight excluding hydrogens is 438 g/mol. The zero-order valence-corrected chi connectivity index (χ0v) is 21.0. The van der Waals surface area contributed by atoms with Gasteiger partial charge in [-0.15, -0.1) is 0 Å². The van der Waals surface area contributed by atoms with Crippen molar-refractivity contribution in [3.05, 3.63) is 71.4 Å². The van der Waals surface area contributed by atoms with E-state index in [2.05, 4.69) is 41.2 Å². The summed E-state index contributed by atoms with van der Waals surface area (Å²) in [6.45, 7) is 9.58. The van der Waals surface area contributed by atoms with Crippen molar-refractivity contribution in [2.45, 2.75) is 40.0 Å². The summed E-state index contributed by atoms with van der Waals surface area (Å²) in [5.41, 5.74) is 3.80. The summed E-state index contributed by atoms with van der Waals surface area (Å²) < 4.78 is 5.76. The molecule has 35 heavy (non-hydrogen) atoms. The second kappa shape index (κ2) is 11.7. The first kappa shape index (κ1) is 24.5. The van der Waals surface area contributed by atoms with Crippen LogP contribution in [0.3, 0.4) is 0 Å². The van der Waals surface area contributed by atoms with Gasteiger partial charge in [-0.05, 0) is 56.7 Å². The van der Waals surface area contributed by atoms with E-state index in [0.717, 1.165) is 29.4 Å². The van der Waals surface area contributed by atoms with Crippen LogP contribution in [0.2, 0.25) is 0 Å². The second-order valence-corrected chi connectivity index (χ2v) is 9.04. The molecule has 0 radical (unpaired) electrons. The highest BCUT2D eigenvalue weighted by atomic mass is 16.5. The third-order valence-electron chi connectivity index (χ3n) is 6.13. The van der Waals surface area contributed by atoms with E-state index in [1.165, 1.54) is 18.4 Å². The van der Waals surface area contributed by atoms with Crippen LogP contribution < -0.4 is 15.0 Å². The van der Waals surface area contributed by atoms with E-state index in [0.29, 0.717) is 44.3 Å². The van der Waals surface area contributed by atoms with E-state index in [4.69, 9.17) is 9.72 Å². The molecule has 2 heterocycles. The molecule has 1 aliphatic rings. The van der Waals surface area contributed by atoms with Gasteiger partial charge in [-0.3, -0.25) is 4.79 Å². The Morgan fingerprint density at radius 1 is 0.943 bits per heavy atom. The van der Waals surface area contributed by atoms with Gasteiger partial charge in [-0.1, -0.05) is 37.5 Å². The Morgan fingerprint density at radius 3 is 2.34 bits per heavy atom. The monoisotopic (exact) mass is 473 g/mol. The number of benzene rings is 2. The number of carbonyl (C=O) groups excluding carboxylic acids is 1. The van der Waals surface area contributed by atoms with Gasteiger partial charge in [0.1, 0.15) is 11.6 Å². The Balaban J connectivity index is 1.33. The van der Waals surface area contributed by atoms with E-state index in [-0.39, 0.29) is 5.91 Å². The molecule has 184 valence electrons. The summed E-state index contributed by atoms with van der Waals surface area (Å²) in [5.74, 6) is 2.33. The van der Waals surface area contributed by atoms with E-state index >= 15 is 0 Å². The number of anilines is 3. The van der Waals surface area contributed by atoms with Crippen molar-refractivity contribution >= 4 is 23.4 Å². The Kier molecular flexibility index (Phi) is 8.19. The van der Waals surface area contributed by atoms with Crippen molar-refractivity contribution in [1.82, 2.24) is 14.9 Å². The van der Waals surface area contributed by atoms with Crippen molar-refractivity contribution in [1.29, 1.82) is 0 Å². The molecule has 0 atom stereocenters. The first-order valence-electron chi connectivity index (χ1n) is 12.5. The minimum absolute atomic E-state index is 0.0501. The van der Waals surface area contributed by atoms with Gasteiger partial charge in [0.25, 0.3) is 5.91 Å². The van der Waals surface area contributed by atoms with Crippen molar-refractivity contribution in [2.24, 2.45) is 0 Å². The number of carbonyl (C=O) groups is 1. The maximum atomic E-state index is 13.0. The lowest BCUT2D eigenvalue weighted by Gasteiger charge is -2.35. The van der Waals surface area contributed by atoms with Crippen molar-refractivity contribution in [3.63, 3.8) is 0 Å². The molecule has 7 heteroatoms. The molecule has 1 saturated heterocycles. The van der Waals surface area contributed by atoms with Gasteiger partial charge in [0.2, 0.25) is 5.95 Å². The Morgan fingerprint density at radius 2 is 1.66 bits per heavy atom. The molecule has 1 aliphatic heterocycles. The molecule has 2 aromatic carbocycles. The second-order valence-electron chi connectivity index (χ2n) is 9.04. The predicted molar refractivity (Wildman–Crippen MR) is 141 cm³/mol. The minimum Gasteiger partial charge on any atom is -0.494 e. The van der Waals surface area contributed by atoms with Crippen molar-refractivity contribution in [3.8, 4) is 5.75 Å². The number of ether oxygens (including phenoxy) is 1. The van der Waals surface area contributed by atoms with Gasteiger partial charge in [0.05, 0.1) is 6.61 Å². The number of piperazine rings is 1. The molecule has 1 N–H and O–H groups in total. The molecule has 4 rings (SSSR count). The molecule has 1 fully saturated rings. The topological polar surface area (TPSA) is 70.6 Å². The Hall–Kier alpha value is -3.61. The van der Waals surface area contributed by atoms with Crippen LogP contribution in [0.1, 0.15) is 47.8 Å². The van der Waals surface area contributed by atoms with Gasteiger partial charge in [0.15, 0.2) is 0 Å². The number of aromatic nitrogens is 2. The molecule has 0 bridgehead atoms. The van der Waals surface area contributed by atoms with Crippen LogP contribution in [-0.2, 0) is 0 Å². The summed E-state index contributed by atoms with van der Waals surface area (Å²) in [4.78, 5) is 26.4. The number of hydrogen-bond acceptors (Lipinski definition) is 6. The number of nitrogens with zero attached hydrogens (tertiary/aromatic N) is 4. The van der Waals surface area contributed by atoms with Gasteiger partial charge >= 0.3 is 0 Å². The highest BCUT2D eigenvalue weighted by Crippen LogP contribution is 2.21. The number of hydrogen-bond donors (Lipinski definition) is 1. The minimum atomic E-state index is 0.0501. The molecule has 1 aromatic heterocycles. The first-order chi connectivity index (χ1) is 17.0. The average molecular weight is 474 g/mol. The molecule has 0 aliphatic carbocycles. The van der Waals surface area contributed by atoms with Crippen LogP contribution >= 0.6 is 0 Å². The number of amides is 1. The summed E-state index contributed by atoms with van der Waals surface area (Å²) in [6, 6.07) is 17.7. The number of rotatable bonds is 9. The molecule has 0 saturated carbocycles. The standard InChI is InChI=1S/C28H35N5O2/c1-4-5-6-19-35-25-13-9-23(10-14-25)27(34)32-15-17-33(18-16-32)28-29-22(3)20-26(31-28)30-24-11-7-21(2)8-12-24/h7-14,20H,4-6,15-19H2,1-3H3,(H,29,30,31). The fraction of sp³-hybridized carbons (Fsp3) is 0.393. The highest BCUT2D eigenvalue weighted by Gasteiger charge is 2.24. The van der Waals surface area contributed by atoms with Gasteiger partial charge in [-0.2, -0.15) is 4.98 Å². The summed E-state index contributed by atoms with van der Waals surface area (Å²) in [5, 5.41) is 3.37. The van der Waals surface area contributed by atoms with Crippen LogP contribution in [-0.4, -0.2) is 53.6 Å². The summed E-state index contributed by atoms with van der Waals surface area (Å²) >= 11 is 0. The summed E-state index contributed by atoms with van der Waals surface area (Å²) in [6.07, 6.45) is 3.39. The smallest absolute Gasteiger partial charge is 0.253 e. The van der Waals surface area contributed by atoms with Crippen molar-refractivity contribution in [2.75, 3.05) is 43.0 Å². The van der Waals surface area contributed by atoms with E-state index < -0.39 is 0 Å². The van der Waals surface area contributed by atoms with E-state index in [9.17, 15) is 4.79 Å². The Bertz CT molecular complexity index is 1110. The highest BCUT2D eigenvalue weighted by molar-refractivity contribution is 5.94. The number of aryl methyl sites for hydroxylation is 2. The maximum absolute atomic E-state index is 13.0. The molecule has 0 unspecified atom stereocenters. The lowest BCUT2D eigenvalue weighted by molar-refractivity contribution is 0.0746. The normalized spacial score (nSPS) is 13.6. The molecule has 0 spiro atoms. The summed E-state index contributed by atoms with van der Waals surface area (Å²) in [7, 11) is 0. The predicted octanol–water partition coefficient (Wildman–Crippen LogP) is 5.37. The third kappa shape index (κ3) is 6.72. The average Bonchev–Trinajstić information content (AvgIpc) is 2.88. The molecule has 1 amide bonds. The van der Waals surface area contributed by atoms with Crippen LogP contribution in [0.4, 0.5) is 17.5 Å². The SMILES string of the molecule is CCCCCOc1ccc(C(=O)N2CCN(c3nc(C)cc(Nc4ccc(C)cc4)n3)CC2)cc1. The zero-order valence-electron chi connectivity index (χ0n) is 21.0. The zero-order chi connectivity index (χ0) is 24.6. The third-order valence-corrected chi connectivity index (χ3v) is 6.13. The van der Waals surface area contributed by atoms with Gasteiger partial charge in [-0.25, -0.2) is 4.98 Å². The lowest BCUT2D eigenvalue weighted by Crippen LogP contribution is -2.49. The van der Waals surface area contributed by atoms with Gasteiger partial charge < -0.3 is 19.9 Å². The van der Waals surface area contributed by atoms with Crippen LogP contribution in [0.5, 0.6) is 5.75 Å². The maximum Gasteiger partial charge on any atom is 0.253 e. The molecular formula is C28H35N5O2. The molecule has 7 nitrogen and oxygen atoms in total. The quantitative estimate of drug-likeness (QED) is 0.422. The van der Waals surface area contributed by atoms with Gasteiger partial charge in [0, 0.05) is 49.2 Å². The number of unbranched alkanes of at least 4 members (excludes halogenated alkanes) is 2. The lowest BCUT2D eigenvalue weighted by atomic mass is 10.1. The van der Waals surface area contributed by atoms with Crippen LogP contribution in [0.15, 0.2) is 54.6 Å². The fourth-order valence-electron chi connectivity index (χ4n) is 4.07. The first-order valence-corrected chi connectivity index (χ1v) is 12.5.